The van der Waals surface area contributed by atoms with Crippen molar-refractivity contribution in [3.05, 3.63) is 144 Å². The Kier molecular flexibility index (Phi) is 16.1. The smallest absolute Gasteiger partial charge is 0.338 e. The molecule has 63 heavy (non-hydrogen) atoms. The second-order valence-electron chi connectivity index (χ2n) is 14.4. The Labute approximate surface area is 362 Å². The van der Waals surface area contributed by atoms with E-state index in [2.05, 4.69) is 0 Å². The van der Waals surface area contributed by atoms with Gasteiger partial charge in [-0.1, -0.05) is 84.9 Å². The summed E-state index contributed by atoms with van der Waals surface area (Å²) in [6, 6.07) is 32.4. The monoisotopic (exact) mass is 870 g/mol. The third-order valence-electron chi connectivity index (χ3n) is 9.73. The zero-order valence-electron chi connectivity index (χ0n) is 34.4. The number of carbonyl (C=O) groups is 6. The molecule has 2 heterocycles. The van der Waals surface area contributed by atoms with Gasteiger partial charge < -0.3 is 52.5 Å². The highest BCUT2D eigenvalue weighted by atomic mass is 16.8. The summed E-state index contributed by atoms with van der Waals surface area (Å²) in [6.45, 7) is 2.04. The topological polar surface area (TPSA) is 215 Å². The number of aliphatic hydroxyl groups excluding tert-OH is 1. The number of hydrogen-bond donors (Lipinski definition) is 1. The Morgan fingerprint density at radius 3 is 1.44 bits per heavy atom. The summed E-state index contributed by atoms with van der Waals surface area (Å²) in [5, 5.41) is 11.6. The van der Waals surface area contributed by atoms with Crippen molar-refractivity contribution in [3.8, 4) is 0 Å². The van der Waals surface area contributed by atoms with Crippen LogP contribution in [0.15, 0.2) is 121 Å². The van der Waals surface area contributed by atoms with Gasteiger partial charge in [0.1, 0.15) is 37.6 Å². The largest absolute Gasteiger partial charge is 0.463 e. The standard InChI is InChI=1S/C46H46O17/c1-27(47)54-25-35-36(57-28(2)48)39(58-29(3)49)41(55-24-30-16-8-4-9-17-30)46(60-35)63-37-34(26-56-42(50)31-18-10-5-11-19-31)59-45(53)40(62-44(52)33-22-14-7-15-23-33)38(37)61-43(51)32-20-12-6-13-21-32/h4-23,34-41,45-46,53H,24-26H2,1-3H3/t34-,35-,36-,37-,38+,39+,40-,41-,45+,46-/m1/s1. The minimum absolute atomic E-state index is 0.0657. The van der Waals surface area contributed by atoms with E-state index in [0.29, 0.717) is 5.56 Å². The maximum atomic E-state index is 13.9. The molecule has 4 aromatic carbocycles. The lowest BCUT2D eigenvalue weighted by atomic mass is 9.95. The third-order valence-corrected chi connectivity index (χ3v) is 9.73. The van der Waals surface area contributed by atoms with Crippen LogP contribution in [0.5, 0.6) is 0 Å². The lowest BCUT2D eigenvalue weighted by Crippen LogP contribution is -2.67. The summed E-state index contributed by atoms with van der Waals surface area (Å²) < 4.78 is 59.7. The molecule has 0 radical (unpaired) electrons. The zero-order valence-corrected chi connectivity index (χ0v) is 34.4. The normalized spacial score (nSPS) is 25.4. The van der Waals surface area contributed by atoms with Crippen molar-refractivity contribution in [2.24, 2.45) is 0 Å². The first-order valence-electron chi connectivity index (χ1n) is 19.9. The van der Waals surface area contributed by atoms with Crippen molar-refractivity contribution in [1.82, 2.24) is 0 Å². The number of rotatable bonds is 16. The zero-order chi connectivity index (χ0) is 44.9. The maximum absolute atomic E-state index is 13.9. The summed E-state index contributed by atoms with van der Waals surface area (Å²) in [6.07, 6.45) is -16.3. The predicted molar refractivity (Wildman–Crippen MR) is 215 cm³/mol. The molecule has 0 amide bonds. The molecule has 0 saturated carbocycles. The van der Waals surface area contributed by atoms with Crippen molar-refractivity contribution < 1.29 is 81.2 Å². The fourth-order valence-electron chi connectivity index (χ4n) is 6.88. The Bertz CT molecular complexity index is 2150. The van der Waals surface area contributed by atoms with Gasteiger partial charge in [-0.2, -0.15) is 0 Å². The Hall–Kier alpha value is -6.50. The fraction of sp³-hybridized carbons (Fsp3) is 0.348. The average molecular weight is 871 g/mol. The molecular weight excluding hydrogens is 824 g/mol. The molecule has 0 spiro atoms. The SMILES string of the molecule is CC(=O)OC[C@H]1O[C@H](O[C@H]2[C@H](OC(=O)c3ccccc3)[C@@H](OC(=O)c3ccccc3)[C@@H](O)O[C@@H]2COC(=O)c2ccccc2)[C@H](OCc2ccccc2)[C@@H](OC(C)=O)[C@@H]1OC(C)=O. The summed E-state index contributed by atoms with van der Waals surface area (Å²) in [5.74, 6) is -5.02. The fourth-order valence-corrected chi connectivity index (χ4v) is 6.88. The highest BCUT2D eigenvalue weighted by Crippen LogP contribution is 2.36. The molecule has 0 bridgehead atoms. The molecule has 10 atom stereocenters. The molecule has 2 saturated heterocycles. The number of ether oxygens (including phenoxy) is 10. The van der Waals surface area contributed by atoms with Gasteiger partial charge in [0.15, 0.2) is 37.0 Å². The minimum atomic E-state index is -2.01. The maximum Gasteiger partial charge on any atom is 0.338 e. The van der Waals surface area contributed by atoms with Gasteiger partial charge in [0.2, 0.25) is 0 Å². The molecule has 1 N–H and O–H groups in total. The Morgan fingerprint density at radius 1 is 0.476 bits per heavy atom. The Balaban J connectivity index is 1.45. The summed E-state index contributed by atoms with van der Waals surface area (Å²) >= 11 is 0. The number of hydrogen-bond acceptors (Lipinski definition) is 17. The van der Waals surface area contributed by atoms with Crippen LogP contribution in [0.2, 0.25) is 0 Å². The Morgan fingerprint density at radius 2 is 0.921 bits per heavy atom. The van der Waals surface area contributed by atoms with Gasteiger partial charge in [0, 0.05) is 20.8 Å². The van der Waals surface area contributed by atoms with Crippen LogP contribution in [0.25, 0.3) is 0 Å². The van der Waals surface area contributed by atoms with Crippen LogP contribution in [0, 0.1) is 0 Å². The molecule has 332 valence electrons. The van der Waals surface area contributed by atoms with E-state index in [-0.39, 0.29) is 23.3 Å². The third kappa shape index (κ3) is 12.6. The van der Waals surface area contributed by atoms with Crippen molar-refractivity contribution in [1.29, 1.82) is 0 Å². The second kappa shape index (κ2) is 22.0. The molecule has 0 aliphatic carbocycles. The van der Waals surface area contributed by atoms with E-state index in [0.717, 1.165) is 20.8 Å². The molecule has 0 unspecified atom stereocenters. The molecule has 2 aliphatic rings. The highest BCUT2D eigenvalue weighted by Gasteiger charge is 2.57. The molecule has 17 heteroatoms. The highest BCUT2D eigenvalue weighted by molar-refractivity contribution is 5.91. The van der Waals surface area contributed by atoms with Gasteiger partial charge in [0.25, 0.3) is 0 Å². The van der Waals surface area contributed by atoms with Crippen LogP contribution in [0.1, 0.15) is 57.4 Å². The van der Waals surface area contributed by atoms with Crippen LogP contribution in [0.4, 0.5) is 0 Å². The summed E-state index contributed by atoms with van der Waals surface area (Å²) in [7, 11) is 0. The molecule has 17 nitrogen and oxygen atoms in total. The van der Waals surface area contributed by atoms with E-state index < -0.39 is 110 Å². The van der Waals surface area contributed by atoms with Gasteiger partial charge in [0.05, 0.1) is 23.3 Å². The van der Waals surface area contributed by atoms with Gasteiger partial charge in [-0.3, -0.25) is 14.4 Å². The van der Waals surface area contributed by atoms with E-state index in [1.54, 1.807) is 84.9 Å². The number of esters is 6. The average Bonchev–Trinajstić information content (AvgIpc) is 3.28. The molecule has 0 aromatic heterocycles. The van der Waals surface area contributed by atoms with Crippen LogP contribution < -0.4 is 0 Å². The van der Waals surface area contributed by atoms with Crippen molar-refractivity contribution in [3.63, 3.8) is 0 Å². The first kappa shape index (κ1) is 46.0. The first-order chi connectivity index (χ1) is 30.4. The summed E-state index contributed by atoms with van der Waals surface area (Å²) in [5.41, 5.74) is 0.970. The van der Waals surface area contributed by atoms with Gasteiger partial charge in [-0.05, 0) is 42.0 Å². The van der Waals surface area contributed by atoms with Crippen LogP contribution in [0.3, 0.4) is 0 Å². The van der Waals surface area contributed by atoms with E-state index in [9.17, 15) is 33.9 Å². The van der Waals surface area contributed by atoms with Crippen LogP contribution in [-0.2, 0) is 68.4 Å². The number of aliphatic hydroxyl groups is 1. The molecule has 4 aromatic rings. The molecular formula is C46H46O17. The van der Waals surface area contributed by atoms with Gasteiger partial charge in [-0.15, -0.1) is 0 Å². The molecule has 2 aliphatic heterocycles. The van der Waals surface area contributed by atoms with E-state index in [1.807, 2.05) is 0 Å². The summed E-state index contributed by atoms with van der Waals surface area (Å²) in [4.78, 5) is 78.2. The second-order valence-corrected chi connectivity index (χ2v) is 14.4. The van der Waals surface area contributed by atoms with Gasteiger partial charge in [-0.25, -0.2) is 14.4 Å². The van der Waals surface area contributed by atoms with Crippen LogP contribution in [-0.4, -0.2) is 116 Å². The number of carbonyl (C=O) groups excluding carboxylic acids is 6. The lowest BCUT2D eigenvalue weighted by molar-refractivity contribution is -0.359. The van der Waals surface area contributed by atoms with Crippen LogP contribution >= 0.6 is 0 Å². The van der Waals surface area contributed by atoms with Crippen molar-refractivity contribution >= 4 is 35.8 Å². The first-order valence-corrected chi connectivity index (χ1v) is 19.9. The quantitative estimate of drug-likeness (QED) is 0.124. The predicted octanol–water partition coefficient (Wildman–Crippen LogP) is 4.13. The minimum Gasteiger partial charge on any atom is -0.463 e. The van der Waals surface area contributed by atoms with E-state index in [1.165, 1.54) is 36.4 Å². The molecule has 2 fully saturated rings. The van der Waals surface area contributed by atoms with Crippen molar-refractivity contribution in [2.75, 3.05) is 13.2 Å². The van der Waals surface area contributed by atoms with E-state index in [4.69, 9.17) is 47.4 Å². The van der Waals surface area contributed by atoms with Gasteiger partial charge >= 0.3 is 35.8 Å². The van der Waals surface area contributed by atoms with E-state index >= 15 is 0 Å². The lowest BCUT2D eigenvalue weighted by Gasteiger charge is -2.48. The molecule has 6 rings (SSSR count). The number of benzene rings is 4. The van der Waals surface area contributed by atoms with Crippen molar-refractivity contribution in [2.45, 2.75) is 88.8 Å².